The number of nitrogens with zero attached hydrogens (tertiary/aromatic N) is 1. The largest absolute Gasteiger partial charge is 0.491 e. The van der Waals surface area contributed by atoms with Gasteiger partial charge in [-0.15, -0.1) is 0 Å². The van der Waals surface area contributed by atoms with Crippen LogP contribution < -0.4 is 4.74 Å². The van der Waals surface area contributed by atoms with Crippen molar-refractivity contribution in [2.24, 2.45) is 5.41 Å². The van der Waals surface area contributed by atoms with E-state index in [9.17, 15) is 5.11 Å². The van der Waals surface area contributed by atoms with Crippen LogP contribution in [0.15, 0.2) is 12.1 Å². The Morgan fingerprint density at radius 1 is 1.15 bits per heavy atom. The molecule has 3 rings (SSSR count). The molecule has 1 aromatic carbocycles. The van der Waals surface area contributed by atoms with Crippen LogP contribution in [0, 0.1) is 19.3 Å². The molecule has 3 nitrogen and oxygen atoms in total. The van der Waals surface area contributed by atoms with E-state index in [4.69, 9.17) is 16.3 Å². The average Bonchev–Trinajstić information content (AvgIpc) is 2.58. The number of benzene rings is 1. The van der Waals surface area contributed by atoms with Gasteiger partial charge >= 0.3 is 0 Å². The Bertz CT molecular complexity index is 612. The van der Waals surface area contributed by atoms with Gasteiger partial charge in [-0.3, -0.25) is 4.90 Å². The zero-order valence-corrected chi connectivity index (χ0v) is 17.5. The summed E-state index contributed by atoms with van der Waals surface area (Å²) in [5.74, 6) is 0.800. The molecule has 146 valence electrons. The van der Waals surface area contributed by atoms with Gasteiger partial charge in [0.15, 0.2) is 0 Å². The number of β-amino-alcohol motifs (C(OH)–C–C–N with tert-alkyl or cyclic N) is 1. The monoisotopic (exact) mass is 379 g/mol. The summed E-state index contributed by atoms with van der Waals surface area (Å²) >= 11 is 6.24. The first kappa shape index (κ1) is 20.0. The lowest BCUT2D eigenvalue weighted by Crippen LogP contribution is -2.55. The summed E-state index contributed by atoms with van der Waals surface area (Å²) in [6.07, 6.45) is 6.92. The molecule has 1 heterocycles. The van der Waals surface area contributed by atoms with E-state index in [0.29, 0.717) is 18.1 Å². The van der Waals surface area contributed by atoms with Gasteiger partial charge in [-0.05, 0) is 87.6 Å². The molecule has 0 bridgehead atoms. The minimum Gasteiger partial charge on any atom is -0.491 e. The molecular weight excluding hydrogens is 346 g/mol. The lowest BCUT2D eigenvalue weighted by molar-refractivity contribution is -0.0761. The van der Waals surface area contributed by atoms with Crippen molar-refractivity contribution >= 4 is 11.6 Å². The average molecular weight is 380 g/mol. The molecule has 0 spiro atoms. The second-order valence-electron chi connectivity index (χ2n) is 9.35. The van der Waals surface area contributed by atoms with Crippen LogP contribution in [0.2, 0.25) is 5.02 Å². The van der Waals surface area contributed by atoms with E-state index < -0.39 is 5.60 Å². The molecule has 1 aliphatic heterocycles. The van der Waals surface area contributed by atoms with Crippen LogP contribution in [-0.2, 0) is 0 Å². The predicted molar refractivity (Wildman–Crippen MR) is 108 cm³/mol. The summed E-state index contributed by atoms with van der Waals surface area (Å²) in [6.45, 7) is 10.9. The first-order valence-electron chi connectivity index (χ1n) is 10.0. The van der Waals surface area contributed by atoms with Gasteiger partial charge in [-0.1, -0.05) is 25.4 Å². The molecule has 0 aromatic heterocycles. The summed E-state index contributed by atoms with van der Waals surface area (Å²) in [7, 11) is 0. The second kappa shape index (κ2) is 7.69. The van der Waals surface area contributed by atoms with Crippen molar-refractivity contribution in [1.82, 2.24) is 4.90 Å². The van der Waals surface area contributed by atoms with Gasteiger partial charge < -0.3 is 9.84 Å². The van der Waals surface area contributed by atoms with Gasteiger partial charge in [0, 0.05) is 17.6 Å². The highest BCUT2D eigenvalue weighted by Gasteiger charge is 2.38. The topological polar surface area (TPSA) is 32.7 Å². The number of aliphatic hydroxyl groups is 1. The minimum absolute atomic E-state index is 0.349. The Hall–Kier alpha value is -0.770. The van der Waals surface area contributed by atoms with Crippen molar-refractivity contribution in [2.45, 2.75) is 77.9 Å². The molecule has 0 radical (unpaired) electrons. The number of aryl methyl sites for hydroxylation is 2. The zero-order valence-electron chi connectivity index (χ0n) is 16.8. The van der Waals surface area contributed by atoms with Crippen molar-refractivity contribution in [1.29, 1.82) is 0 Å². The molecule has 1 aromatic rings. The lowest BCUT2D eigenvalue weighted by Gasteiger charge is -2.46. The van der Waals surface area contributed by atoms with Crippen molar-refractivity contribution in [3.63, 3.8) is 0 Å². The molecule has 2 aliphatic rings. The zero-order chi connectivity index (χ0) is 18.9. The van der Waals surface area contributed by atoms with Crippen LogP contribution in [-0.4, -0.2) is 41.3 Å². The molecule has 26 heavy (non-hydrogen) atoms. The standard InChI is InChI=1S/C22H34ClNO2/c1-16-12-19(13-17(2)20(16)23)26-15-22(25)8-5-11-24(14-22)18-6-9-21(3,4)10-7-18/h12-13,18,25H,5-11,14-15H2,1-4H3/t22-/m0/s1. The number of piperidine rings is 1. The summed E-state index contributed by atoms with van der Waals surface area (Å²) in [5.41, 5.74) is 1.76. The Morgan fingerprint density at radius 3 is 2.38 bits per heavy atom. The number of halogens is 1. The maximum Gasteiger partial charge on any atom is 0.120 e. The molecule has 4 heteroatoms. The van der Waals surface area contributed by atoms with E-state index in [1.165, 1.54) is 25.7 Å². The molecule has 1 aliphatic carbocycles. The molecule has 0 unspecified atom stereocenters. The van der Waals surface area contributed by atoms with Crippen LogP contribution in [0.1, 0.15) is 63.5 Å². The van der Waals surface area contributed by atoms with Gasteiger partial charge in [0.1, 0.15) is 18.0 Å². The molecule has 0 amide bonds. The fourth-order valence-corrected chi connectivity index (χ4v) is 4.64. The first-order chi connectivity index (χ1) is 12.2. The quantitative estimate of drug-likeness (QED) is 0.786. The highest BCUT2D eigenvalue weighted by atomic mass is 35.5. The summed E-state index contributed by atoms with van der Waals surface area (Å²) < 4.78 is 6.00. The van der Waals surface area contributed by atoms with E-state index >= 15 is 0 Å². The fraction of sp³-hybridized carbons (Fsp3) is 0.727. The van der Waals surface area contributed by atoms with Crippen molar-refractivity contribution in [3.05, 3.63) is 28.3 Å². The Labute approximate surface area is 163 Å². The van der Waals surface area contributed by atoms with E-state index in [0.717, 1.165) is 47.8 Å². The van der Waals surface area contributed by atoms with Gasteiger partial charge in [-0.25, -0.2) is 0 Å². The third-order valence-electron chi connectivity index (χ3n) is 6.33. The maximum absolute atomic E-state index is 11.1. The third-order valence-corrected chi connectivity index (χ3v) is 6.92. The fourth-order valence-electron chi connectivity index (χ4n) is 4.53. The predicted octanol–water partition coefficient (Wildman–Crippen LogP) is 5.13. The van der Waals surface area contributed by atoms with Gasteiger partial charge in [0.2, 0.25) is 0 Å². The maximum atomic E-state index is 11.1. The summed E-state index contributed by atoms with van der Waals surface area (Å²) in [4.78, 5) is 2.51. The molecule has 2 fully saturated rings. The van der Waals surface area contributed by atoms with Crippen LogP contribution >= 0.6 is 11.6 Å². The van der Waals surface area contributed by atoms with E-state index in [1.807, 2.05) is 26.0 Å². The molecule has 1 saturated heterocycles. The minimum atomic E-state index is -0.757. The number of hydrogen-bond donors (Lipinski definition) is 1. The molecule has 1 N–H and O–H groups in total. The van der Waals surface area contributed by atoms with Crippen LogP contribution in [0.3, 0.4) is 0 Å². The van der Waals surface area contributed by atoms with Crippen molar-refractivity contribution in [2.75, 3.05) is 19.7 Å². The number of likely N-dealkylation sites (tertiary alicyclic amines) is 1. The molecule has 1 atom stereocenters. The van der Waals surface area contributed by atoms with E-state index in [1.54, 1.807) is 0 Å². The Kier molecular flexibility index (Phi) is 5.91. The summed E-state index contributed by atoms with van der Waals surface area (Å²) in [5, 5.41) is 11.9. The third kappa shape index (κ3) is 4.74. The Morgan fingerprint density at radius 2 is 1.77 bits per heavy atom. The van der Waals surface area contributed by atoms with Gasteiger partial charge in [0.25, 0.3) is 0 Å². The number of rotatable bonds is 4. The smallest absolute Gasteiger partial charge is 0.120 e. The van der Waals surface area contributed by atoms with Crippen LogP contribution in [0.25, 0.3) is 0 Å². The molecular formula is C22H34ClNO2. The first-order valence-corrected chi connectivity index (χ1v) is 10.4. The molecule has 1 saturated carbocycles. The Balaban J connectivity index is 1.59. The highest BCUT2D eigenvalue weighted by molar-refractivity contribution is 6.32. The van der Waals surface area contributed by atoms with Crippen molar-refractivity contribution in [3.8, 4) is 5.75 Å². The lowest BCUT2D eigenvalue weighted by atomic mass is 9.74. The normalized spacial score (nSPS) is 27.5. The SMILES string of the molecule is Cc1cc(OC[C@]2(O)CCCN(C3CCC(C)(C)CC3)C2)cc(C)c1Cl. The van der Waals surface area contributed by atoms with E-state index in [2.05, 4.69) is 18.7 Å². The van der Waals surface area contributed by atoms with Crippen LogP contribution in [0.4, 0.5) is 0 Å². The number of hydrogen-bond acceptors (Lipinski definition) is 3. The van der Waals surface area contributed by atoms with Gasteiger partial charge in [0.05, 0.1) is 0 Å². The van der Waals surface area contributed by atoms with E-state index in [-0.39, 0.29) is 0 Å². The van der Waals surface area contributed by atoms with Gasteiger partial charge in [-0.2, -0.15) is 0 Å². The van der Waals surface area contributed by atoms with Crippen molar-refractivity contribution < 1.29 is 9.84 Å². The highest BCUT2D eigenvalue weighted by Crippen LogP contribution is 2.38. The van der Waals surface area contributed by atoms with Crippen LogP contribution in [0.5, 0.6) is 5.75 Å². The summed E-state index contributed by atoms with van der Waals surface area (Å²) in [6, 6.07) is 4.54. The number of ether oxygens (including phenoxy) is 1. The second-order valence-corrected chi connectivity index (χ2v) is 9.73.